The van der Waals surface area contributed by atoms with Crippen molar-refractivity contribution in [2.24, 2.45) is 0 Å². The molecule has 2 aromatic carbocycles. The van der Waals surface area contributed by atoms with Crippen molar-refractivity contribution in [3.05, 3.63) is 65.2 Å². The quantitative estimate of drug-likeness (QED) is 0.700. The van der Waals surface area contributed by atoms with Crippen LogP contribution in [-0.4, -0.2) is 28.1 Å². The highest BCUT2D eigenvalue weighted by Crippen LogP contribution is 2.35. The van der Waals surface area contributed by atoms with Crippen molar-refractivity contribution in [3.63, 3.8) is 0 Å². The molecule has 1 unspecified atom stereocenters. The molecule has 0 saturated carbocycles. The summed E-state index contributed by atoms with van der Waals surface area (Å²) in [5, 5.41) is 7.80. The van der Waals surface area contributed by atoms with Gasteiger partial charge in [0.05, 0.1) is 0 Å². The number of aryl methyl sites for hydroxylation is 2. The molecule has 2 aromatic rings. The third kappa shape index (κ3) is 4.56. The molecule has 2 saturated heterocycles. The SMILES string of the molecule is Cc1ccc(C)c(NC(=S)NC2C[C@H]3CCC[C@@H](C2)N3Cc2ccccc2)c1. The van der Waals surface area contributed by atoms with Crippen LogP contribution in [0.15, 0.2) is 48.5 Å². The molecule has 3 nitrogen and oxygen atoms in total. The van der Waals surface area contributed by atoms with Crippen molar-refractivity contribution in [3.8, 4) is 0 Å². The molecule has 2 aliphatic heterocycles. The summed E-state index contributed by atoms with van der Waals surface area (Å²) in [4.78, 5) is 2.75. The average Bonchev–Trinajstić information content (AvgIpc) is 2.66. The van der Waals surface area contributed by atoms with E-state index in [2.05, 4.69) is 77.9 Å². The van der Waals surface area contributed by atoms with Crippen LogP contribution in [0.1, 0.15) is 48.8 Å². The van der Waals surface area contributed by atoms with Crippen molar-refractivity contribution in [1.29, 1.82) is 0 Å². The molecule has 0 amide bonds. The second kappa shape index (κ2) is 8.62. The number of fused-ring (bicyclic) bond motifs is 2. The number of hydrogen-bond acceptors (Lipinski definition) is 2. The lowest BCUT2D eigenvalue weighted by molar-refractivity contribution is 0.0212. The van der Waals surface area contributed by atoms with Crippen LogP contribution in [0.4, 0.5) is 5.69 Å². The maximum Gasteiger partial charge on any atom is 0.171 e. The Morgan fingerprint density at radius 1 is 1.04 bits per heavy atom. The van der Waals surface area contributed by atoms with Crippen LogP contribution in [0.3, 0.4) is 0 Å². The first-order chi connectivity index (χ1) is 13.6. The first-order valence-electron chi connectivity index (χ1n) is 10.5. The maximum absolute atomic E-state index is 5.65. The summed E-state index contributed by atoms with van der Waals surface area (Å²) in [6, 6.07) is 19.1. The second-order valence-corrected chi connectivity index (χ2v) is 8.89. The van der Waals surface area contributed by atoms with E-state index >= 15 is 0 Å². The zero-order valence-electron chi connectivity index (χ0n) is 16.9. The highest BCUT2D eigenvalue weighted by Gasteiger charge is 2.38. The summed E-state index contributed by atoms with van der Waals surface area (Å²) >= 11 is 5.65. The number of hydrogen-bond donors (Lipinski definition) is 2. The highest BCUT2D eigenvalue weighted by molar-refractivity contribution is 7.80. The van der Waals surface area contributed by atoms with Crippen LogP contribution in [-0.2, 0) is 6.54 Å². The summed E-state index contributed by atoms with van der Waals surface area (Å²) in [5.74, 6) is 0. The van der Waals surface area contributed by atoms with E-state index in [-0.39, 0.29) is 0 Å². The molecule has 3 atom stereocenters. The van der Waals surface area contributed by atoms with Crippen LogP contribution in [0.5, 0.6) is 0 Å². The normalized spacial score (nSPS) is 24.6. The monoisotopic (exact) mass is 393 g/mol. The van der Waals surface area contributed by atoms with Gasteiger partial charge in [-0.25, -0.2) is 0 Å². The molecule has 0 spiro atoms. The molecule has 28 heavy (non-hydrogen) atoms. The van der Waals surface area contributed by atoms with Crippen molar-refractivity contribution in [2.75, 3.05) is 5.32 Å². The number of nitrogens with zero attached hydrogens (tertiary/aromatic N) is 1. The Morgan fingerprint density at radius 3 is 2.46 bits per heavy atom. The molecule has 2 heterocycles. The Morgan fingerprint density at radius 2 is 1.75 bits per heavy atom. The molecule has 0 aromatic heterocycles. The highest BCUT2D eigenvalue weighted by atomic mass is 32.1. The fourth-order valence-electron chi connectivity index (χ4n) is 4.86. The smallest absolute Gasteiger partial charge is 0.171 e. The van der Waals surface area contributed by atoms with E-state index < -0.39 is 0 Å². The van der Waals surface area contributed by atoms with Crippen LogP contribution < -0.4 is 10.6 Å². The Balaban J connectivity index is 1.37. The fourth-order valence-corrected chi connectivity index (χ4v) is 5.14. The van der Waals surface area contributed by atoms with Gasteiger partial charge in [-0.2, -0.15) is 0 Å². The van der Waals surface area contributed by atoms with Gasteiger partial charge in [-0.05, 0) is 74.5 Å². The third-order valence-corrected chi connectivity index (χ3v) is 6.53. The number of anilines is 1. The van der Waals surface area contributed by atoms with Crippen molar-refractivity contribution in [2.45, 2.75) is 70.6 Å². The van der Waals surface area contributed by atoms with Gasteiger partial charge in [-0.1, -0.05) is 48.9 Å². The second-order valence-electron chi connectivity index (χ2n) is 8.48. The Bertz CT molecular complexity index is 806. The van der Waals surface area contributed by atoms with Crippen LogP contribution in [0, 0.1) is 13.8 Å². The van der Waals surface area contributed by atoms with Gasteiger partial charge in [0.2, 0.25) is 0 Å². The Labute approximate surface area is 174 Å². The minimum atomic E-state index is 0.465. The summed E-state index contributed by atoms with van der Waals surface area (Å²) in [6.07, 6.45) is 6.33. The van der Waals surface area contributed by atoms with E-state index in [0.29, 0.717) is 18.1 Å². The molecule has 148 valence electrons. The van der Waals surface area contributed by atoms with Crippen LogP contribution in [0.2, 0.25) is 0 Å². The van der Waals surface area contributed by atoms with Gasteiger partial charge >= 0.3 is 0 Å². The molecule has 0 aliphatic carbocycles. The molecule has 4 heteroatoms. The first kappa shape index (κ1) is 19.4. The van der Waals surface area contributed by atoms with E-state index in [4.69, 9.17) is 12.2 Å². The molecule has 2 fully saturated rings. The Kier molecular flexibility index (Phi) is 5.98. The van der Waals surface area contributed by atoms with Crippen molar-refractivity contribution in [1.82, 2.24) is 10.2 Å². The number of piperidine rings is 2. The van der Waals surface area contributed by atoms with Gasteiger partial charge in [0.1, 0.15) is 0 Å². The standard InChI is InChI=1S/C24H31N3S/c1-17-11-12-18(2)23(13-17)26-24(28)25-20-14-21-9-6-10-22(15-20)27(21)16-19-7-4-3-5-8-19/h3-5,7-8,11-13,20-22H,6,9-10,14-16H2,1-2H3,(H2,25,26,28)/t20?,21-,22+. The largest absolute Gasteiger partial charge is 0.360 e. The molecule has 2 N–H and O–H groups in total. The van der Waals surface area contributed by atoms with E-state index in [1.54, 1.807) is 0 Å². The summed E-state index contributed by atoms with van der Waals surface area (Å²) in [7, 11) is 0. The van der Waals surface area contributed by atoms with Crippen molar-refractivity contribution >= 4 is 23.0 Å². The predicted molar refractivity (Wildman–Crippen MR) is 122 cm³/mol. The first-order valence-corrected chi connectivity index (χ1v) is 10.9. The lowest BCUT2D eigenvalue weighted by Crippen LogP contribution is -2.56. The van der Waals surface area contributed by atoms with Crippen LogP contribution >= 0.6 is 12.2 Å². The lowest BCUT2D eigenvalue weighted by Gasteiger charge is -2.49. The van der Waals surface area contributed by atoms with Gasteiger partial charge in [-0.15, -0.1) is 0 Å². The number of benzene rings is 2. The van der Waals surface area contributed by atoms with Gasteiger partial charge in [0.25, 0.3) is 0 Å². The zero-order valence-corrected chi connectivity index (χ0v) is 17.8. The molecular weight excluding hydrogens is 362 g/mol. The zero-order chi connectivity index (χ0) is 19.5. The lowest BCUT2D eigenvalue weighted by atomic mass is 9.81. The van der Waals surface area contributed by atoms with E-state index in [1.165, 1.54) is 48.8 Å². The minimum absolute atomic E-state index is 0.465. The maximum atomic E-state index is 5.65. The van der Waals surface area contributed by atoms with E-state index in [9.17, 15) is 0 Å². The summed E-state index contributed by atoms with van der Waals surface area (Å²) in [5.41, 5.74) is 5.01. The topological polar surface area (TPSA) is 27.3 Å². The van der Waals surface area contributed by atoms with Gasteiger partial charge in [0, 0.05) is 30.4 Å². The number of thiocarbonyl (C=S) groups is 1. The van der Waals surface area contributed by atoms with E-state index in [1.807, 2.05) is 0 Å². The average molecular weight is 394 g/mol. The predicted octanol–water partition coefficient (Wildman–Crippen LogP) is 5.18. The summed E-state index contributed by atoms with van der Waals surface area (Å²) in [6.45, 7) is 5.32. The molecule has 2 bridgehead atoms. The Hall–Kier alpha value is -1.91. The molecular formula is C24H31N3S. The fraction of sp³-hybridized carbons (Fsp3) is 0.458. The minimum Gasteiger partial charge on any atom is -0.360 e. The van der Waals surface area contributed by atoms with Gasteiger partial charge < -0.3 is 10.6 Å². The summed E-state index contributed by atoms with van der Waals surface area (Å²) < 4.78 is 0. The molecule has 4 rings (SSSR count). The van der Waals surface area contributed by atoms with Gasteiger partial charge in [-0.3, -0.25) is 4.90 Å². The number of rotatable bonds is 4. The molecule has 0 radical (unpaired) electrons. The van der Waals surface area contributed by atoms with Gasteiger partial charge in [0.15, 0.2) is 5.11 Å². The third-order valence-electron chi connectivity index (χ3n) is 6.31. The van der Waals surface area contributed by atoms with Crippen LogP contribution in [0.25, 0.3) is 0 Å². The van der Waals surface area contributed by atoms with E-state index in [0.717, 1.165) is 17.3 Å². The number of nitrogens with one attached hydrogen (secondary N) is 2. The van der Waals surface area contributed by atoms with Crippen molar-refractivity contribution < 1.29 is 0 Å². The molecule has 2 aliphatic rings.